The predicted octanol–water partition coefficient (Wildman–Crippen LogP) is 1.81. The summed E-state index contributed by atoms with van der Waals surface area (Å²) < 4.78 is 1.70. The first-order valence-corrected chi connectivity index (χ1v) is 5.07. The van der Waals surface area contributed by atoms with Crippen molar-refractivity contribution in [2.45, 2.75) is 0 Å². The molecule has 2 aromatic heterocycles. The molecule has 5 heteroatoms. The van der Waals surface area contributed by atoms with E-state index in [-0.39, 0.29) is 11.5 Å². The van der Waals surface area contributed by atoms with E-state index in [9.17, 15) is 10.2 Å². The van der Waals surface area contributed by atoms with Gasteiger partial charge >= 0.3 is 0 Å². The van der Waals surface area contributed by atoms with Gasteiger partial charge in [0.15, 0.2) is 11.5 Å². The lowest BCUT2D eigenvalue weighted by Crippen LogP contribution is -1.88. The lowest BCUT2D eigenvalue weighted by atomic mass is 10.2. The number of phenolic OH excluding ortho intramolecular Hbond substituents is 1. The fourth-order valence-corrected chi connectivity index (χ4v) is 1.69. The third kappa shape index (κ3) is 1.57. The zero-order valence-electron chi connectivity index (χ0n) is 8.78. The summed E-state index contributed by atoms with van der Waals surface area (Å²) in [6.45, 7) is 0. The van der Waals surface area contributed by atoms with E-state index in [4.69, 9.17) is 0 Å². The van der Waals surface area contributed by atoms with Crippen molar-refractivity contribution in [2.24, 2.45) is 0 Å². The van der Waals surface area contributed by atoms with Gasteiger partial charge in [-0.25, -0.2) is 0 Å². The average molecular weight is 227 g/mol. The van der Waals surface area contributed by atoms with Gasteiger partial charge in [0.05, 0.1) is 6.20 Å². The van der Waals surface area contributed by atoms with E-state index in [0.717, 1.165) is 5.56 Å². The second-order valence-corrected chi connectivity index (χ2v) is 3.69. The standard InChI is InChI=1S/C12H9N3O2/c16-9-3-1-8(2-4-9)12-14-13-11-6-5-10(17)7-15(11)12/h1-7,16-17H. The van der Waals surface area contributed by atoms with Crippen LogP contribution in [0.25, 0.3) is 17.0 Å². The molecule has 0 aliphatic carbocycles. The van der Waals surface area contributed by atoms with Crippen LogP contribution in [0.1, 0.15) is 0 Å². The first-order chi connectivity index (χ1) is 8.24. The number of hydrogen-bond acceptors (Lipinski definition) is 4. The van der Waals surface area contributed by atoms with Crippen LogP contribution in [0, 0.1) is 0 Å². The highest BCUT2D eigenvalue weighted by Crippen LogP contribution is 2.22. The SMILES string of the molecule is Oc1ccc(-c2nnc3ccc(O)cn23)cc1. The zero-order chi connectivity index (χ0) is 11.8. The van der Waals surface area contributed by atoms with E-state index in [1.807, 2.05) is 0 Å². The van der Waals surface area contributed by atoms with Gasteiger partial charge in [0.25, 0.3) is 0 Å². The van der Waals surface area contributed by atoms with E-state index in [2.05, 4.69) is 10.2 Å². The Morgan fingerprint density at radius 1 is 0.824 bits per heavy atom. The molecule has 0 fully saturated rings. The van der Waals surface area contributed by atoms with Gasteiger partial charge in [0.2, 0.25) is 0 Å². The minimum absolute atomic E-state index is 0.150. The number of nitrogens with zero attached hydrogens (tertiary/aromatic N) is 3. The Balaban J connectivity index is 2.23. The Hall–Kier alpha value is -2.56. The fraction of sp³-hybridized carbons (Fsp3) is 0. The van der Waals surface area contributed by atoms with Crippen molar-refractivity contribution in [3.05, 3.63) is 42.6 Å². The maximum absolute atomic E-state index is 9.45. The molecular weight excluding hydrogens is 218 g/mol. The number of benzene rings is 1. The van der Waals surface area contributed by atoms with Crippen molar-refractivity contribution in [3.8, 4) is 22.9 Å². The van der Waals surface area contributed by atoms with Crippen LogP contribution in [-0.4, -0.2) is 24.8 Å². The molecule has 1 aromatic carbocycles. The van der Waals surface area contributed by atoms with Crippen molar-refractivity contribution in [2.75, 3.05) is 0 Å². The molecule has 0 amide bonds. The maximum atomic E-state index is 9.45. The second-order valence-electron chi connectivity index (χ2n) is 3.69. The largest absolute Gasteiger partial charge is 0.508 e. The summed E-state index contributed by atoms with van der Waals surface area (Å²) >= 11 is 0. The molecule has 5 nitrogen and oxygen atoms in total. The summed E-state index contributed by atoms with van der Waals surface area (Å²) in [4.78, 5) is 0. The molecule has 0 saturated heterocycles. The smallest absolute Gasteiger partial charge is 0.168 e. The molecule has 0 saturated carbocycles. The molecule has 0 radical (unpaired) electrons. The number of hydrogen-bond donors (Lipinski definition) is 2. The molecule has 0 bridgehead atoms. The molecule has 0 atom stereocenters. The average Bonchev–Trinajstić information content (AvgIpc) is 2.73. The summed E-state index contributed by atoms with van der Waals surface area (Å²) in [7, 11) is 0. The highest BCUT2D eigenvalue weighted by molar-refractivity contribution is 5.60. The predicted molar refractivity (Wildman–Crippen MR) is 61.8 cm³/mol. The number of fused-ring (bicyclic) bond motifs is 1. The summed E-state index contributed by atoms with van der Waals surface area (Å²) in [6.07, 6.45) is 1.55. The van der Waals surface area contributed by atoms with E-state index in [1.165, 1.54) is 0 Å². The van der Waals surface area contributed by atoms with E-state index < -0.39 is 0 Å². The van der Waals surface area contributed by atoms with Gasteiger partial charge in [-0.05, 0) is 36.4 Å². The molecule has 2 N–H and O–H groups in total. The second kappa shape index (κ2) is 3.48. The molecule has 0 unspecified atom stereocenters. The normalized spacial score (nSPS) is 10.8. The molecule has 0 spiro atoms. The number of pyridine rings is 1. The van der Waals surface area contributed by atoms with Crippen LogP contribution in [0.15, 0.2) is 42.6 Å². The molecule has 17 heavy (non-hydrogen) atoms. The number of aromatic nitrogens is 3. The molecule has 84 valence electrons. The Bertz CT molecular complexity index is 674. The summed E-state index contributed by atoms with van der Waals surface area (Å²) in [5.41, 5.74) is 1.48. The van der Waals surface area contributed by atoms with Crippen molar-refractivity contribution in [1.29, 1.82) is 0 Å². The van der Waals surface area contributed by atoms with Crippen LogP contribution in [0.2, 0.25) is 0 Å². The molecule has 0 aliphatic rings. The number of phenols is 1. The van der Waals surface area contributed by atoms with Gasteiger partial charge in [0, 0.05) is 5.56 Å². The Labute approximate surface area is 96.6 Å². The topological polar surface area (TPSA) is 70.7 Å². The van der Waals surface area contributed by atoms with Crippen LogP contribution in [0.4, 0.5) is 0 Å². The van der Waals surface area contributed by atoms with E-state index >= 15 is 0 Å². The lowest BCUT2D eigenvalue weighted by molar-refractivity contribution is 0.472. The van der Waals surface area contributed by atoms with Gasteiger partial charge < -0.3 is 10.2 Å². The molecular formula is C12H9N3O2. The van der Waals surface area contributed by atoms with Crippen LogP contribution < -0.4 is 0 Å². The van der Waals surface area contributed by atoms with Crippen LogP contribution in [0.3, 0.4) is 0 Å². The van der Waals surface area contributed by atoms with Gasteiger partial charge in [-0.2, -0.15) is 0 Å². The van der Waals surface area contributed by atoms with Crippen molar-refractivity contribution in [3.63, 3.8) is 0 Å². The Kier molecular flexibility index (Phi) is 1.98. The number of rotatable bonds is 1. The molecule has 3 aromatic rings. The van der Waals surface area contributed by atoms with Crippen LogP contribution >= 0.6 is 0 Å². The maximum Gasteiger partial charge on any atom is 0.168 e. The number of aromatic hydroxyl groups is 2. The van der Waals surface area contributed by atoms with Crippen molar-refractivity contribution in [1.82, 2.24) is 14.6 Å². The van der Waals surface area contributed by atoms with E-state index in [1.54, 1.807) is 47.0 Å². The summed E-state index contributed by atoms with van der Waals surface area (Å²) in [5, 5.41) is 26.7. The van der Waals surface area contributed by atoms with Crippen molar-refractivity contribution >= 4 is 5.65 Å². The molecule has 3 rings (SSSR count). The highest BCUT2D eigenvalue weighted by Gasteiger charge is 2.08. The molecule has 0 aliphatic heterocycles. The minimum Gasteiger partial charge on any atom is -0.508 e. The van der Waals surface area contributed by atoms with Gasteiger partial charge in [-0.3, -0.25) is 4.40 Å². The minimum atomic E-state index is 0.150. The Morgan fingerprint density at radius 3 is 2.29 bits per heavy atom. The summed E-state index contributed by atoms with van der Waals surface area (Å²) in [6, 6.07) is 9.90. The highest BCUT2D eigenvalue weighted by atomic mass is 16.3. The van der Waals surface area contributed by atoms with Crippen molar-refractivity contribution < 1.29 is 10.2 Å². The lowest BCUT2D eigenvalue weighted by Gasteiger charge is -2.00. The fourth-order valence-electron chi connectivity index (χ4n) is 1.69. The Morgan fingerprint density at radius 2 is 1.53 bits per heavy atom. The summed E-state index contributed by atoms with van der Waals surface area (Å²) in [5.74, 6) is 0.971. The monoisotopic (exact) mass is 227 g/mol. The third-order valence-corrected chi connectivity index (χ3v) is 2.51. The first kappa shape index (κ1) is 9.65. The van der Waals surface area contributed by atoms with Crippen LogP contribution in [-0.2, 0) is 0 Å². The zero-order valence-corrected chi connectivity index (χ0v) is 8.78. The van der Waals surface area contributed by atoms with Gasteiger partial charge in [-0.1, -0.05) is 0 Å². The first-order valence-electron chi connectivity index (χ1n) is 5.07. The van der Waals surface area contributed by atoms with Crippen LogP contribution in [0.5, 0.6) is 11.5 Å². The third-order valence-electron chi connectivity index (χ3n) is 2.51. The van der Waals surface area contributed by atoms with Gasteiger partial charge in [-0.15, -0.1) is 10.2 Å². The van der Waals surface area contributed by atoms with E-state index in [0.29, 0.717) is 11.5 Å². The van der Waals surface area contributed by atoms with Gasteiger partial charge in [0.1, 0.15) is 11.5 Å². The quantitative estimate of drug-likeness (QED) is 0.665. The molecule has 2 heterocycles.